The number of rotatable bonds is 7. The standard InChI is InChI=1S/C30H36N4O2/c1-20-4-8-23(9-5-20)24-10-25(29(35)19-34-17-27-15-33(3)16-28(27)18-34)12-26(11-24)30(36)32-14-22-7-6-21(2)31-13-22/h4-13,27-29,35H,14-19H2,1-3H3,(H,32,36). The number of carbonyl (C=O) groups is 1. The van der Waals surface area contributed by atoms with E-state index in [1.807, 2.05) is 37.3 Å². The summed E-state index contributed by atoms with van der Waals surface area (Å²) in [6, 6.07) is 18.0. The molecule has 3 aromatic rings. The van der Waals surface area contributed by atoms with E-state index >= 15 is 0 Å². The molecule has 36 heavy (non-hydrogen) atoms. The van der Waals surface area contributed by atoms with Crippen LogP contribution in [0.2, 0.25) is 0 Å². The second-order valence-corrected chi connectivity index (χ2v) is 10.7. The lowest BCUT2D eigenvalue weighted by atomic mass is 9.96. The fraction of sp³-hybridized carbons (Fsp3) is 0.400. The van der Waals surface area contributed by atoms with Gasteiger partial charge in [-0.05, 0) is 79.3 Å². The van der Waals surface area contributed by atoms with E-state index < -0.39 is 6.10 Å². The summed E-state index contributed by atoms with van der Waals surface area (Å²) in [5.41, 5.74) is 6.40. The maximum atomic E-state index is 13.2. The highest BCUT2D eigenvalue weighted by Crippen LogP contribution is 2.32. The molecule has 0 bridgehead atoms. The lowest BCUT2D eigenvalue weighted by molar-refractivity contribution is 0.0950. The van der Waals surface area contributed by atoms with Crippen LogP contribution >= 0.6 is 0 Å². The van der Waals surface area contributed by atoms with Crippen LogP contribution in [0.15, 0.2) is 60.8 Å². The maximum Gasteiger partial charge on any atom is 0.251 e. The van der Waals surface area contributed by atoms with Gasteiger partial charge < -0.3 is 15.3 Å². The number of amides is 1. The third-order valence-electron chi connectivity index (χ3n) is 7.59. The van der Waals surface area contributed by atoms with Crippen LogP contribution in [0.4, 0.5) is 0 Å². The number of carbonyl (C=O) groups excluding carboxylic acids is 1. The predicted molar refractivity (Wildman–Crippen MR) is 143 cm³/mol. The Morgan fingerprint density at radius 2 is 1.72 bits per heavy atom. The minimum absolute atomic E-state index is 0.156. The van der Waals surface area contributed by atoms with Crippen LogP contribution in [0.25, 0.3) is 11.1 Å². The first kappa shape index (κ1) is 24.6. The largest absolute Gasteiger partial charge is 0.387 e. The molecule has 3 unspecified atom stereocenters. The summed E-state index contributed by atoms with van der Waals surface area (Å²) >= 11 is 0. The molecule has 1 amide bonds. The Labute approximate surface area is 214 Å². The zero-order valence-corrected chi connectivity index (χ0v) is 21.4. The Morgan fingerprint density at radius 3 is 2.39 bits per heavy atom. The van der Waals surface area contributed by atoms with E-state index in [9.17, 15) is 9.90 Å². The molecule has 2 N–H and O–H groups in total. The monoisotopic (exact) mass is 484 g/mol. The lowest BCUT2D eigenvalue weighted by Gasteiger charge is -2.23. The van der Waals surface area contributed by atoms with Crippen molar-refractivity contribution in [2.24, 2.45) is 11.8 Å². The van der Waals surface area contributed by atoms with Crippen LogP contribution in [0.3, 0.4) is 0 Å². The van der Waals surface area contributed by atoms with Crippen LogP contribution < -0.4 is 5.32 Å². The summed E-state index contributed by atoms with van der Waals surface area (Å²) in [5, 5.41) is 14.3. The van der Waals surface area contributed by atoms with Gasteiger partial charge in [0.15, 0.2) is 0 Å². The summed E-state index contributed by atoms with van der Waals surface area (Å²) in [6.07, 6.45) is 1.14. The van der Waals surface area contributed by atoms with E-state index in [-0.39, 0.29) is 5.91 Å². The van der Waals surface area contributed by atoms with E-state index in [4.69, 9.17) is 0 Å². The second kappa shape index (κ2) is 10.5. The molecule has 1 aromatic heterocycles. The highest BCUT2D eigenvalue weighted by atomic mass is 16.3. The molecule has 0 spiro atoms. The Kier molecular flexibility index (Phi) is 7.19. The molecule has 188 valence electrons. The summed E-state index contributed by atoms with van der Waals surface area (Å²) in [4.78, 5) is 22.3. The SMILES string of the molecule is Cc1ccc(-c2cc(C(=O)NCc3ccc(C)nc3)cc(C(O)CN3CC4CN(C)CC4C3)c2)cc1. The Bertz CT molecular complexity index is 1190. The van der Waals surface area contributed by atoms with Crippen molar-refractivity contribution in [3.05, 3.63) is 88.7 Å². The van der Waals surface area contributed by atoms with Gasteiger partial charge >= 0.3 is 0 Å². The zero-order chi connectivity index (χ0) is 25.2. The third kappa shape index (κ3) is 5.67. The molecule has 5 rings (SSSR count). The number of β-amino-alcohol motifs (C(OH)–C–C–N with tert-alkyl or cyclic N) is 1. The minimum atomic E-state index is -0.653. The van der Waals surface area contributed by atoms with Crippen molar-refractivity contribution in [2.75, 3.05) is 39.8 Å². The number of fused-ring (bicyclic) bond motifs is 1. The molecule has 6 heteroatoms. The van der Waals surface area contributed by atoms with Gasteiger partial charge in [0, 0.05) is 56.7 Å². The average Bonchev–Trinajstić information content (AvgIpc) is 3.40. The van der Waals surface area contributed by atoms with Gasteiger partial charge in [-0.3, -0.25) is 14.7 Å². The molecular weight excluding hydrogens is 448 g/mol. The van der Waals surface area contributed by atoms with Crippen LogP contribution in [-0.2, 0) is 6.54 Å². The smallest absolute Gasteiger partial charge is 0.251 e. The minimum Gasteiger partial charge on any atom is -0.387 e. The number of nitrogens with one attached hydrogen (secondary N) is 1. The number of likely N-dealkylation sites (tertiary alicyclic amines) is 2. The third-order valence-corrected chi connectivity index (χ3v) is 7.59. The van der Waals surface area contributed by atoms with Crippen molar-refractivity contribution in [3.63, 3.8) is 0 Å². The first-order chi connectivity index (χ1) is 17.3. The number of pyridine rings is 1. The molecule has 2 aliphatic rings. The molecule has 3 atom stereocenters. The molecule has 0 saturated carbocycles. The molecule has 6 nitrogen and oxygen atoms in total. The van der Waals surface area contributed by atoms with Gasteiger partial charge in [0.2, 0.25) is 0 Å². The summed E-state index contributed by atoms with van der Waals surface area (Å²) in [7, 11) is 2.19. The predicted octanol–water partition coefficient (Wildman–Crippen LogP) is 3.82. The van der Waals surface area contributed by atoms with Crippen molar-refractivity contribution in [1.29, 1.82) is 0 Å². The molecule has 2 fully saturated rings. The Morgan fingerprint density at radius 1 is 1.00 bits per heavy atom. The topological polar surface area (TPSA) is 68.7 Å². The second-order valence-electron chi connectivity index (χ2n) is 10.7. The van der Waals surface area contributed by atoms with E-state index in [2.05, 4.69) is 58.3 Å². The number of hydrogen-bond acceptors (Lipinski definition) is 5. The molecule has 2 aromatic carbocycles. The normalized spacial score (nSPS) is 20.9. The molecule has 2 saturated heterocycles. The lowest BCUT2D eigenvalue weighted by Crippen LogP contribution is -2.30. The average molecular weight is 485 g/mol. The van der Waals surface area contributed by atoms with Crippen LogP contribution in [0, 0.1) is 25.7 Å². The number of nitrogens with zero attached hydrogens (tertiary/aromatic N) is 3. The van der Waals surface area contributed by atoms with Gasteiger partial charge in [0.1, 0.15) is 0 Å². The van der Waals surface area contributed by atoms with E-state index in [0.29, 0.717) is 30.5 Å². The number of aromatic nitrogens is 1. The Balaban J connectivity index is 1.35. The first-order valence-electron chi connectivity index (χ1n) is 12.8. The first-order valence-corrected chi connectivity index (χ1v) is 12.8. The van der Waals surface area contributed by atoms with Crippen molar-refractivity contribution in [2.45, 2.75) is 26.5 Å². The molecule has 3 heterocycles. The van der Waals surface area contributed by atoms with Gasteiger partial charge in [-0.2, -0.15) is 0 Å². The maximum absolute atomic E-state index is 13.2. The van der Waals surface area contributed by atoms with Gasteiger partial charge in [-0.25, -0.2) is 0 Å². The zero-order valence-electron chi connectivity index (χ0n) is 21.4. The van der Waals surface area contributed by atoms with E-state index in [1.54, 1.807) is 6.20 Å². The number of benzene rings is 2. The van der Waals surface area contributed by atoms with Crippen LogP contribution in [0.5, 0.6) is 0 Å². The number of hydrogen-bond donors (Lipinski definition) is 2. The summed E-state index contributed by atoms with van der Waals surface area (Å²) in [6.45, 7) is 9.34. The quantitative estimate of drug-likeness (QED) is 0.534. The molecule has 2 aliphatic heterocycles. The van der Waals surface area contributed by atoms with Crippen molar-refractivity contribution >= 4 is 5.91 Å². The molecule has 0 aliphatic carbocycles. The van der Waals surface area contributed by atoms with Gasteiger partial charge in [-0.15, -0.1) is 0 Å². The van der Waals surface area contributed by atoms with Crippen LogP contribution in [0.1, 0.15) is 38.8 Å². The fourth-order valence-corrected chi connectivity index (χ4v) is 5.60. The summed E-state index contributed by atoms with van der Waals surface area (Å²) < 4.78 is 0. The van der Waals surface area contributed by atoms with E-state index in [1.165, 1.54) is 5.56 Å². The Hall–Kier alpha value is -3.06. The van der Waals surface area contributed by atoms with Crippen molar-refractivity contribution < 1.29 is 9.90 Å². The van der Waals surface area contributed by atoms with Crippen molar-refractivity contribution in [3.8, 4) is 11.1 Å². The highest BCUT2D eigenvalue weighted by molar-refractivity contribution is 5.95. The summed E-state index contributed by atoms with van der Waals surface area (Å²) in [5.74, 6) is 1.23. The number of aliphatic hydroxyl groups excluding tert-OH is 1. The van der Waals surface area contributed by atoms with Gasteiger partial charge in [0.05, 0.1) is 6.10 Å². The molecule has 0 radical (unpaired) electrons. The highest BCUT2D eigenvalue weighted by Gasteiger charge is 2.39. The fourth-order valence-electron chi connectivity index (χ4n) is 5.60. The van der Waals surface area contributed by atoms with Crippen molar-refractivity contribution in [1.82, 2.24) is 20.1 Å². The number of aryl methyl sites for hydroxylation is 2. The van der Waals surface area contributed by atoms with Gasteiger partial charge in [-0.1, -0.05) is 35.9 Å². The van der Waals surface area contributed by atoms with Crippen LogP contribution in [-0.4, -0.2) is 65.6 Å². The number of aliphatic hydroxyl groups is 1. The van der Waals surface area contributed by atoms with E-state index in [0.717, 1.165) is 54.1 Å². The van der Waals surface area contributed by atoms with Gasteiger partial charge in [0.25, 0.3) is 5.91 Å². The molecular formula is C30H36N4O2.